The molecule has 1 aliphatic rings. The van der Waals surface area contributed by atoms with Gasteiger partial charge in [0, 0.05) is 11.6 Å². The van der Waals surface area contributed by atoms with Crippen molar-refractivity contribution in [2.75, 3.05) is 14.2 Å². The van der Waals surface area contributed by atoms with Gasteiger partial charge in [0.2, 0.25) is 5.75 Å². The van der Waals surface area contributed by atoms with Crippen molar-refractivity contribution in [2.24, 2.45) is 5.73 Å². The molecule has 4 nitrogen and oxygen atoms in total. The quantitative estimate of drug-likeness (QED) is 0.767. The predicted molar refractivity (Wildman–Crippen MR) is 65.8 cm³/mol. The van der Waals surface area contributed by atoms with E-state index in [1.807, 2.05) is 6.07 Å². The molecule has 0 fully saturated rings. The summed E-state index contributed by atoms with van der Waals surface area (Å²) in [7, 11) is 3.10. The van der Waals surface area contributed by atoms with Crippen LogP contribution in [0.4, 0.5) is 0 Å². The summed E-state index contributed by atoms with van der Waals surface area (Å²) in [6, 6.07) is 2.06. The van der Waals surface area contributed by atoms with Crippen molar-refractivity contribution in [3.63, 3.8) is 0 Å². The van der Waals surface area contributed by atoms with Gasteiger partial charge in [0.1, 0.15) is 0 Å². The third-order valence-electron chi connectivity index (χ3n) is 3.33. The number of aromatic hydroxyl groups is 1. The van der Waals surface area contributed by atoms with Crippen LogP contribution in [-0.4, -0.2) is 25.4 Å². The molecule has 1 atom stereocenters. The average Bonchev–Trinajstić information content (AvgIpc) is 2.50. The maximum absolute atomic E-state index is 10.2. The molecule has 0 aromatic heterocycles. The maximum Gasteiger partial charge on any atom is 0.203 e. The van der Waals surface area contributed by atoms with E-state index in [0.29, 0.717) is 17.9 Å². The first-order valence-corrected chi connectivity index (χ1v) is 5.88. The van der Waals surface area contributed by atoms with E-state index in [0.717, 1.165) is 30.4 Å². The zero-order chi connectivity index (χ0) is 12.4. The smallest absolute Gasteiger partial charge is 0.203 e. The second-order valence-electron chi connectivity index (χ2n) is 4.45. The molecule has 4 heteroatoms. The van der Waals surface area contributed by atoms with Crippen LogP contribution in [0.25, 0.3) is 0 Å². The van der Waals surface area contributed by atoms with Crippen LogP contribution in [0.1, 0.15) is 24.0 Å². The Morgan fingerprint density at radius 3 is 2.76 bits per heavy atom. The monoisotopic (exact) mass is 237 g/mol. The molecular weight excluding hydrogens is 218 g/mol. The maximum atomic E-state index is 10.2. The van der Waals surface area contributed by atoms with E-state index in [9.17, 15) is 5.11 Å². The standard InChI is InChI=1S/C13H19NO3/c1-16-11-6-8-4-3-5-9(14)7-10(8)12(15)13(11)17-2/h6,9,15H,3-5,7,14H2,1-2H3. The van der Waals surface area contributed by atoms with Gasteiger partial charge in [-0.15, -0.1) is 0 Å². The zero-order valence-corrected chi connectivity index (χ0v) is 10.3. The third-order valence-corrected chi connectivity index (χ3v) is 3.33. The average molecular weight is 237 g/mol. The second-order valence-corrected chi connectivity index (χ2v) is 4.45. The number of phenols is 1. The van der Waals surface area contributed by atoms with Crippen LogP contribution in [0, 0.1) is 0 Å². The molecule has 1 aliphatic carbocycles. The van der Waals surface area contributed by atoms with E-state index < -0.39 is 0 Å². The van der Waals surface area contributed by atoms with Gasteiger partial charge in [0.05, 0.1) is 14.2 Å². The Labute approximate surface area is 101 Å². The molecular formula is C13H19NO3. The van der Waals surface area contributed by atoms with Crippen molar-refractivity contribution in [3.05, 3.63) is 17.2 Å². The molecule has 0 saturated heterocycles. The summed E-state index contributed by atoms with van der Waals surface area (Å²) in [5.41, 5.74) is 8.03. The van der Waals surface area contributed by atoms with Gasteiger partial charge < -0.3 is 20.3 Å². The number of fused-ring (bicyclic) bond motifs is 1. The number of methoxy groups -OCH3 is 2. The summed E-state index contributed by atoms with van der Waals surface area (Å²) in [5, 5.41) is 10.2. The summed E-state index contributed by atoms with van der Waals surface area (Å²) < 4.78 is 10.4. The van der Waals surface area contributed by atoms with Crippen molar-refractivity contribution in [2.45, 2.75) is 31.7 Å². The Morgan fingerprint density at radius 1 is 1.35 bits per heavy atom. The number of rotatable bonds is 2. The number of nitrogens with two attached hydrogens (primary N) is 1. The van der Waals surface area contributed by atoms with Gasteiger partial charge in [-0.05, 0) is 37.3 Å². The van der Waals surface area contributed by atoms with Crippen LogP contribution in [0.2, 0.25) is 0 Å². The summed E-state index contributed by atoms with van der Waals surface area (Å²) in [4.78, 5) is 0. The van der Waals surface area contributed by atoms with Crippen molar-refractivity contribution in [3.8, 4) is 17.2 Å². The molecule has 0 bridgehead atoms. The third kappa shape index (κ3) is 2.17. The first kappa shape index (κ1) is 12.0. The highest BCUT2D eigenvalue weighted by Crippen LogP contribution is 2.42. The summed E-state index contributed by atoms with van der Waals surface area (Å²) in [5.74, 6) is 1.17. The lowest BCUT2D eigenvalue weighted by molar-refractivity contribution is 0.330. The Bertz CT molecular complexity index is 418. The number of phenolic OH excluding ortho intramolecular Hbond substituents is 1. The summed E-state index contributed by atoms with van der Waals surface area (Å²) in [6.07, 6.45) is 3.65. The van der Waals surface area contributed by atoms with Crippen molar-refractivity contribution in [1.82, 2.24) is 0 Å². The lowest BCUT2D eigenvalue weighted by Gasteiger charge is -2.16. The Balaban J connectivity index is 2.54. The minimum Gasteiger partial charge on any atom is -0.504 e. The normalized spacial score (nSPS) is 19.4. The molecule has 0 spiro atoms. The van der Waals surface area contributed by atoms with Crippen LogP contribution < -0.4 is 15.2 Å². The van der Waals surface area contributed by atoms with E-state index in [4.69, 9.17) is 15.2 Å². The van der Waals surface area contributed by atoms with E-state index in [-0.39, 0.29) is 11.8 Å². The second kappa shape index (κ2) is 4.84. The van der Waals surface area contributed by atoms with Gasteiger partial charge in [-0.1, -0.05) is 0 Å². The number of hydrogen-bond acceptors (Lipinski definition) is 4. The van der Waals surface area contributed by atoms with Gasteiger partial charge in [-0.25, -0.2) is 0 Å². The van der Waals surface area contributed by atoms with Crippen molar-refractivity contribution >= 4 is 0 Å². The molecule has 1 unspecified atom stereocenters. The van der Waals surface area contributed by atoms with Gasteiger partial charge in [-0.3, -0.25) is 0 Å². The molecule has 0 heterocycles. The molecule has 94 valence electrons. The van der Waals surface area contributed by atoms with Crippen LogP contribution in [0.3, 0.4) is 0 Å². The molecule has 17 heavy (non-hydrogen) atoms. The minimum atomic E-state index is 0.111. The first-order valence-electron chi connectivity index (χ1n) is 5.88. The van der Waals surface area contributed by atoms with E-state index in [1.54, 1.807) is 7.11 Å². The SMILES string of the molecule is COc1cc2c(c(O)c1OC)CC(N)CCC2. The van der Waals surface area contributed by atoms with Gasteiger partial charge in [-0.2, -0.15) is 0 Å². The number of ether oxygens (including phenoxy) is 2. The molecule has 1 aromatic rings. The fourth-order valence-electron chi connectivity index (χ4n) is 2.44. The van der Waals surface area contributed by atoms with Crippen molar-refractivity contribution < 1.29 is 14.6 Å². The highest BCUT2D eigenvalue weighted by Gasteiger charge is 2.22. The van der Waals surface area contributed by atoms with Crippen LogP contribution in [0.5, 0.6) is 17.2 Å². The van der Waals surface area contributed by atoms with Crippen LogP contribution in [-0.2, 0) is 12.8 Å². The van der Waals surface area contributed by atoms with Gasteiger partial charge in [0.25, 0.3) is 0 Å². The molecule has 3 N–H and O–H groups in total. The van der Waals surface area contributed by atoms with Crippen LogP contribution >= 0.6 is 0 Å². The van der Waals surface area contributed by atoms with Crippen molar-refractivity contribution in [1.29, 1.82) is 0 Å². The number of benzene rings is 1. The molecule has 1 aromatic carbocycles. The minimum absolute atomic E-state index is 0.111. The van der Waals surface area contributed by atoms with Gasteiger partial charge in [0.15, 0.2) is 11.5 Å². The highest BCUT2D eigenvalue weighted by atomic mass is 16.5. The van der Waals surface area contributed by atoms with Gasteiger partial charge >= 0.3 is 0 Å². The zero-order valence-electron chi connectivity index (χ0n) is 10.3. The van der Waals surface area contributed by atoms with E-state index in [1.165, 1.54) is 7.11 Å². The number of aryl methyl sites for hydroxylation is 1. The number of hydrogen-bond donors (Lipinski definition) is 2. The predicted octanol–water partition coefficient (Wildman–Crippen LogP) is 1.62. The topological polar surface area (TPSA) is 64.7 Å². The summed E-state index contributed by atoms with van der Waals surface area (Å²) in [6.45, 7) is 0. The van der Waals surface area contributed by atoms with Crippen LogP contribution in [0.15, 0.2) is 6.07 Å². The van der Waals surface area contributed by atoms with E-state index >= 15 is 0 Å². The Morgan fingerprint density at radius 2 is 2.12 bits per heavy atom. The highest BCUT2D eigenvalue weighted by molar-refractivity contribution is 5.58. The molecule has 0 radical (unpaired) electrons. The largest absolute Gasteiger partial charge is 0.504 e. The lowest BCUT2D eigenvalue weighted by atomic mass is 9.99. The molecule has 2 rings (SSSR count). The Hall–Kier alpha value is -1.42. The first-order chi connectivity index (χ1) is 8.17. The van der Waals surface area contributed by atoms with E-state index in [2.05, 4.69) is 0 Å². The molecule has 0 amide bonds. The molecule has 0 aliphatic heterocycles. The lowest BCUT2D eigenvalue weighted by Crippen LogP contribution is -2.21. The summed E-state index contributed by atoms with van der Waals surface area (Å²) >= 11 is 0. The Kier molecular flexibility index (Phi) is 3.43. The fraction of sp³-hybridized carbons (Fsp3) is 0.538. The molecule has 0 saturated carbocycles. The fourth-order valence-corrected chi connectivity index (χ4v) is 2.44.